The van der Waals surface area contributed by atoms with Gasteiger partial charge < -0.3 is 15.2 Å². The van der Waals surface area contributed by atoms with Gasteiger partial charge >= 0.3 is 5.97 Å². The molecule has 0 unspecified atom stereocenters. The average Bonchev–Trinajstić information content (AvgIpc) is 2.54. The number of benzene rings is 2. The van der Waals surface area contributed by atoms with Crippen LogP contribution >= 0.6 is 12.4 Å². The molecule has 0 spiro atoms. The fraction of sp³-hybridized carbons (Fsp3) is 0.235. The summed E-state index contributed by atoms with van der Waals surface area (Å²) in [5, 5.41) is 0. The van der Waals surface area contributed by atoms with Crippen LogP contribution in [-0.2, 0) is 16.0 Å². The number of nitrogens with two attached hydrogens (primary N) is 1. The lowest BCUT2D eigenvalue weighted by molar-refractivity contribution is -0.142. The van der Waals surface area contributed by atoms with Gasteiger partial charge in [0.05, 0.1) is 14.2 Å². The summed E-state index contributed by atoms with van der Waals surface area (Å²) in [5.74, 6) is 0.318. The van der Waals surface area contributed by atoms with Crippen molar-refractivity contribution in [2.45, 2.75) is 12.5 Å². The molecule has 2 rings (SSSR count). The molecule has 4 nitrogen and oxygen atoms in total. The zero-order valence-corrected chi connectivity index (χ0v) is 13.4. The third kappa shape index (κ3) is 4.23. The van der Waals surface area contributed by atoms with E-state index in [2.05, 4.69) is 0 Å². The average molecular weight is 322 g/mol. The van der Waals surface area contributed by atoms with Crippen molar-refractivity contribution in [2.24, 2.45) is 5.73 Å². The third-order valence-corrected chi connectivity index (χ3v) is 3.34. The Morgan fingerprint density at radius 3 is 2.41 bits per heavy atom. The van der Waals surface area contributed by atoms with Crippen LogP contribution in [0.3, 0.4) is 0 Å². The molecule has 0 saturated carbocycles. The van der Waals surface area contributed by atoms with E-state index >= 15 is 0 Å². The molecule has 2 aromatic rings. The zero-order valence-electron chi connectivity index (χ0n) is 12.6. The van der Waals surface area contributed by atoms with E-state index in [1.807, 2.05) is 48.5 Å². The molecule has 1 atom stereocenters. The molecule has 0 aromatic heterocycles. The SMILES string of the molecule is COC(=O)[C@@H](N)Cc1cc(OC)ccc1-c1ccccc1.Cl. The molecule has 0 aliphatic rings. The van der Waals surface area contributed by atoms with E-state index in [0.29, 0.717) is 6.42 Å². The molecule has 2 N–H and O–H groups in total. The first-order valence-corrected chi connectivity index (χ1v) is 6.71. The van der Waals surface area contributed by atoms with Crippen molar-refractivity contribution in [2.75, 3.05) is 14.2 Å². The summed E-state index contributed by atoms with van der Waals surface area (Å²) >= 11 is 0. The molecule has 2 aromatic carbocycles. The Kier molecular flexibility index (Phi) is 6.89. The van der Waals surface area contributed by atoms with Crippen LogP contribution in [0.5, 0.6) is 5.75 Å². The van der Waals surface area contributed by atoms with Crippen molar-refractivity contribution in [3.05, 3.63) is 54.1 Å². The van der Waals surface area contributed by atoms with Gasteiger partial charge in [0.1, 0.15) is 11.8 Å². The number of methoxy groups -OCH3 is 2. The Hall–Kier alpha value is -2.04. The van der Waals surface area contributed by atoms with Crippen LogP contribution in [0.2, 0.25) is 0 Å². The fourth-order valence-corrected chi connectivity index (χ4v) is 2.24. The van der Waals surface area contributed by atoms with Crippen molar-refractivity contribution in [3.8, 4) is 16.9 Å². The predicted octanol–water partition coefficient (Wildman–Crippen LogP) is 2.83. The summed E-state index contributed by atoms with van der Waals surface area (Å²) < 4.78 is 9.95. The second-order valence-electron chi connectivity index (χ2n) is 4.72. The van der Waals surface area contributed by atoms with Crippen LogP contribution in [0.15, 0.2) is 48.5 Å². The molecule has 5 heteroatoms. The fourth-order valence-electron chi connectivity index (χ4n) is 2.24. The maximum absolute atomic E-state index is 11.5. The Balaban J connectivity index is 0.00000242. The highest BCUT2D eigenvalue weighted by atomic mass is 35.5. The van der Waals surface area contributed by atoms with Crippen molar-refractivity contribution in [3.63, 3.8) is 0 Å². The highest BCUT2D eigenvalue weighted by Gasteiger charge is 2.17. The summed E-state index contributed by atoms with van der Waals surface area (Å²) in [5.41, 5.74) is 8.95. The molecule has 0 aliphatic carbocycles. The largest absolute Gasteiger partial charge is 0.497 e. The molecule has 0 amide bonds. The molecule has 0 saturated heterocycles. The number of carbonyl (C=O) groups is 1. The Morgan fingerprint density at radius 1 is 1.14 bits per heavy atom. The molecule has 0 fully saturated rings. The first-order chi connectivity index (χ1) is 10.2. The number of ether oxygens (including phenoxy) is 2. The van der Waals surface area contributed by atoms with E-state index in [1.54, 1.807) is 7.11 Å². The van der Waals surface area contributed by atoms with Gasteiger partial charge in [-0.1, -0.05) is 36.4 Å². The minimum Gasteiger partial charge on any atom is -0.497 e. The summed E-state index contributed by atoms with van der Waals surface area (Å²) in [7, 11) is 2.95. The van der Waals surface area contributed by atoms with Gasteiger partial charge in [-0.2, -0.15) is 0 Å². The lowest BCUT2D eigenvalue weighted by Crippen LogP contribution is -2.33. The van der Waals surface area contributed by atoms with Gasteiger partial charge in [-0.15, -0.1) is 12.4 Å². The Bertz CT molecular complexity index is 617. The standard InChI is InChI=1S/C17H19NO3.ClH/c1-20-14-8-9-15(12-6-4-3-5-7-12)13(10-14)11-16(18)17(19)21-2;/h3-10,16H,11,18H2,1-2H3;1H/t16-;/m0./s1. The highest BCUT2D eigenvalue weighted by molar-refractivity contribution is 5.85. The van der Waals surface area contributed by atoms with Crippen molar-refractivity contribution < 1.29 is 14.3 Å². The number of hydrogen-bond acceptors (Lipinski definition) is 4. The molecule has 0 bridgehead atoms. The first kappa shape index (κ1) is 18.0. The van der Waals surface area contributed by atoms with Crippen LogP contribution in [0, 0.1) is 0 Å². The van der Waals surface area contributed by atoms with Gasteiger partial charge in [0.15, 0.2) is 0 Å². The van der Waals surface area contributed by atoms with Crippen LogP contribution in [0.25, 0.3) is 11.1 Å². The van der Waals surface area contributed by atoms with Gasteiger partial charge in [0.25, 0.3) is 0 Å². The molecular weight excluding hydrogens is 302 g/mol. The zero-order chi connectivity index (χ0) is 15.2. The number of esters is 1. The first-order valence-electron chi connectivity index (χ1n) is 6.71. The molecule has 0 radical (unpaired) electrons. The summed E-state index contributed by atoms with van der Waals surface area (Å²) in [6, 6.07) is 15.1. The van der Waals surface area contributed by atoms with Crippen LogP contribution in [0.1, 0.15) is 5.56 Å². The summed E-state index contributed by atoms with van der Waals surface area (Å²) in [4.78, 5) is 11.5. The number of halogens is 1. The van der Waals surface area contributed by atoms with Gasteiger partial charge in [-0.05, 0) is 35.2 Å². The van der Waals surface area contributed by atoms with Crippen LogP contribution in [-0.4, -0.2) is 26.2 Å². The minimum atomic E-state index is -0.690. The number of hydrogen-bond donors (Lipinski definition) is 1. The maximum Gasteiger partial charge on any atom is 0.322 e. The number of rotatable bonds is 5. The molecular formula is C17H20ClNO3. The molecule has 22 heavy (non-hydrogen) atoms. The van der Waals surface area contributed by atoms with Crippen molar-refractivity contribution >= 4 is 18.4 Å². The minimum absolute atomic E-state index is 0. The highest BCUT2D eigenvalue weighted by Crippen LogP contribution is 2.28. The molecule has 0 aliphatic heterocycles. The summed E-state index contributed by atoms with van der Waals surface area (Å²) in [6.07, 6.45) is 0.397. The van der Waals surface area contributed by atoms with Gasteiger partial charge in [-0.25, -0.2) is 0 Å². The molecule has 0 heterocycles. The van der Waals surface area contributed by atoms with E-state index in [1.165, 1.54) is 7.11 Å². The second-order valence-corrected chi connectivity index (χ2v) is 4.72. The van der Waals surface area contributed by atoms with E-state index < -0.39 is 12.0 Å². The lowest BCUT2D eigenvalue weighted by atomic mass is 9.95. The normalized spacial score (nSPS) is 11.2. The van der Waals surface area contributed by atoms with Crippen molar-refractivity contribution in [1.82, 2.24) is 0 Å². The monoisotopic (exact) mass is 321 g/mol. The number of carbonyl (C=O) groups excluding carboxylic acids is 1. The van der Waals surface area contributed by atoms with E-state index in [9.17, 15) is 4.79 Å². The maximum atomic E-state index is 11.5. The Morgan fingerprint density at radius 2 is 1.82 bits per heavy atom. The summed E-state index contributed by atoms with van der Waals surface area (Å²) in [6.45, 7) is 0. The molecule has 118 valence electrons. The smallest absolute Gasteiger partial charge is 0.322 e. The third-order valence-electron chi connectivity index (χ3n) is 3.34. The van der Waals surface area contributed by atoms with E-state index in [4.69, 9.17) is 15.2 Å². The quantitative estimate of drug-likeness (QED) is 0.860. The van der Waals surface area contributed by atoms with E-state index in [0.717, 1.165) is 22.4 Å². The van der Waals surface area contributed by atoms with Crippen molar-refractivity contribution in [1.29, 1.82) is 0 Å². The lowest BCUT2D eigenvalue weighted by Gasteiger charge is -2.15. The van der Waals surface area contributed by atoms with Crippen LogP contribution in [0.4, 0.5) is 0 Å². The van der Waals surface area contributed by atoms with E-state index in [-0.39, 0.29) is 12.4 Å². The van der Waals surface area contributed by atoms with Gasteiger partial charge in [-0.3, -0.25) is 4.79 Å². The predicted molar refractivity (Wildman–Crippen MR) is 89.4 cm³/mol. The van der Waals surface area contributed by atoms with Gasteiger partial charge in [0, 0.05) is 0 Å². The second kappa shape index (κ2) is 8.41. The Labute approximate surface area is 136 Å². The van der Waals surface area contributed by atoms with Crippen LogP contribution < -0.4 is 10.5 Å². The van der Waals surface area contributed by atoms with Gasteiger partial charge in [0.2, 0.25) is 0 Å². The topological polar surface area (TPSA) is 61.5 Å².